The third-order valence-electron chi connectivity index (χ3n) is 4.68. The number of aryl methyl sites for hydroxylation is 1. The van der Waals surface area contributed by atoms with Gasteiger partial charge in [0, 0.05) is 37.9 Å². The van der Waals surface area contributed by atoms with E-state index in [9.17, 15) is 23.3 Å². The van der Waals surface area contributed by atoms with Crippen LogP contribution < -0.4 is 5.32 Å². The molecule has 0 aromatic heterocycles. The van der Waals surface area contributed by atoms with Crippen LogP contribution in [0.4, 0.5) is 11.4 Å². The monoisotopic (exact) mass is 418 g/mol. The quantitative estimate of drug-likeness (QED) is 0.566. The van der Waals surface area contributed by atoms with Gasteiger partial charge in [0.15, 0.2) is 4.90 Å². The van der Waals surface area contributed by atoms with Crippen LogP contribution in [0.25, 0.3) is 0 Å². The fourth-order valence-corrected chi connectivity index (χ4v) is 4.80. The summed E-state index contributed by atoms with van der Waals surface area (Å²) in [5, 5.41) is 14.0. The van der Waals surface area contributed by atoms with Gasteiger partial charge in [-0.15, -0.1) is 0 Å². The van der Waals surface area contributed by atoms with Crippen molar-refractivity contribution < 1.29 is 18.1 Å². The summed E-state index contributed by atoms with van der Waals surface area (Å²) in [6.45, 7) is 3.13. The van der Waals surface area contributed by atoms with E-state index in [-0.39, 0.29) is 30.4 Å². The number of para-hydroxylation sites is 1. The molecule has 1 heterocycles. The van der Waals surface area contributed by atoms with E-state index in [1.165, 1.54) is 28.6 Å². The van der Waals surface area contributed by atoms with Crippen molar-refractivity contribution in [3.8, 4) is 0 Å². The number of hydrogen-bond donors (Lipinski definition) is 1. The summed E-state index contributed by atoms with van der Waals surface area (Å²) in [6, 6.07) is 12.8. The Morgan fingerprint density at radius 1 is 1.10 bits per heavy atom. The molecule has 1 amide bonds. The SMILES string of the molecule is Cc1cccc(NC(=O)CN2CCN(S(=O)(=O)c3ccccc3[N+](=O)[O-])CC2)c1. The molecule has 29 heavy (non-hydrogen) atoms. The first-order valence-corrected chi connectivity index (χ1v) is 10.5. The van der Waals surface area contributed by atoms with Crippen molar-refractivity contribution in [1.29, 1.82) is 0 Å². The minimum Gasteiger partial charge on any atom is -0.325 e. The number of nitro benzene ring substituents is 1. The Labute approximate surface area is 169 Å². The topological polar surface area (TPSA) is 113 Å². The van der Waals surface area contributed by atoms with Crippen LogP contribution in [-0.4, -0.2) is 61.2 Å². The predicted molar refractivity (Wildman–Crippen MR) is 108 cm³/mol. The number of hydrogen-bond acceptors (Lipinski definition) is 6. The first kappa shape index (κ1) is 20.9. The summed E-state index contributed by atoms with van der Waals surface area (Å²) < 4.78 is 26.9. The van der Waals surface area contributed by atoms with Crippen molar-refractivity contribution in [2.75, 3.05) is 38.0 Å². The Morgan fingerprint density at radius 2 is 1.79 bits per heavy atom. The molecular weight excluding hydrogens is 396 g/mol. The number of anilines is 1. The lowest BCUT2D eigenvalue weighted by Gasteiger charge is -2.33. The number of sulfonamides is 1. The molecule has 10 heteroatoms. The van der Waals surface area contributed by atoms with Crippen LogP contribution in [-0.2, 0) is 14.8 Å². The number of amides is 1. The van der Waals surface area contributed by atoms with Gasteiger partial charge in [-0.1, -0.05) is 24.3 Å². The fraction of sp³-hybridized carbons (Fsp3) is 0.316. The summed E-state index contributed by atoms with van der Waals surface area (Å²) in [5.74, 6) is -0.175. The van der Waals surface area contributed by atoms with Crippen LogP contribution >= 0.6 is 0 Å². The smallest absolute Gasteiger partial charge is 0.289 e. The molecule has 0 spiro atoms. The van der Waals surface area contributed by atoms with Crippen molar-refractivity contribution in [3.05, 3.63) is 64.2 Å². The molecule has 3 rings (SSSR count). The van der Waals surface area contributed by atoms with Crippen LogP contribution in [0.3, 0.4) is 0 Å². The molecule has 1 fully saturated rings. The average Bonchev–Trinajstić information content (AvgIpc) is 2.68. The van der Waals surface area contributed by atoms with Gasteiger partial charge < -0.3 is 5.32 Å². The molecule has 0 unspecified atom stereocenters. The Hall–Kier alpha value is -2.82. The zero-order chi connectivity index (χ0) is 21.0. The zero-order valence-electron chi connectivity index (χ0n) is 15.9. The van der Waals surface area contributed by atoms with Gasteiger partial charge in [0.1, 0.15) is 0 Å². The lowest BCUT2D eigenvalue weighted by molar-refractivity contribution is -0.387. The minimum absolute atomic E-state index is 0.146. The van der Waals surface area contributed by atoms with E-state index in [1.54, 1.807) is 0 Å². The summed E-state index contributed by atoms with van der Waals surface area (Å²) in [4.78, 5) is 24.3. The lowest BCUT2D eigenvalue weighted by Crippen LogP contribution is -2.50. The summed E-state index contributed by atoms with van der Waals surface area (Å²) >= 11 is 0. The van der Waals surface area contributed by atoms with Gasteiger partial charge in [0.2, 0.25) is 15.9 Å². The van der Waals surface area contributed by atoms with Gasteiger partial charge >= 0.3 is 0 Å². The Bertz CT molecular complexity index is 1020. The molecule has 0 saturated carbocycles. The molecule has 154 valence electrons. The van der Waals surface area contributed by atoms with Crippen molar-refractivity contribution in [1.82, 2.24) is 9.21 Å². The van der Waals surface area contributed by atoms with Crippen molar-refractivity contribution >= 4 is 27.3 Å². The first-order chi connectivity index (χ1) is 13.8. The molecule has 1 N–H and O–H groups in total. The minimum atomic E-state index is -3.98. The number of piperazine rings is 1. The molecule has 1 saturated heterocycles. The van der Waals surface area contributed by atoms with E-state index < -0.39 is 20.6 Å². The number of nitrogens with one attached hydrogen (secondary N) is 1. The molecule has 0 aliphatic carbocycles. The maximum Gasteiger partial charge on any atom is 0.289 e. The summed E-state index contributed by atoms with van der Waals surface area (Å²) in [7, 11) is -3.98. The fourth-order valence-electron chi connectivity index (χ4n) is 3.22. The van der Waals surface area contributed by atoms with E-state index >= 15 is 0 Å². The van der Waals surface area contributed by atoms with Crippen LogP contribution in [0.2, 0.25) is 0 Å². The largest absolute Gasteiger partial charge is 0.325 e. The molecule has 0 radical (unpaired) electrons. The van der Waals surface area contributed by atoms with E-state index in [0.717, 1.165) is 5.56 Å². The molecule has 2 aromatic rings. The second kappa shape index (κ2) is 8.68. The molecular formula is C19H22N4O5S. The standard InChI is InChI=1S/C19H22N4O5S/c1-15-5-4-6-16(13-15)20-19(24)14-21-9-11-22(12-10-21)29(27,28)18-8-3-2-7-17(18)23(25)26/h2-8,13H,9-12,14H2,1H3,(H,20,24). The van der Waals surface area contributed by atoms with Gasteiger partial charge in [0.05, 0.1) is 11.5 Å². The summed E-state index contributed by atoms with van der Waals surface area (Å²) in [5.41, 5.74) is 1.32. The number of rotatable bonds is 6. The maximum absolute atomic E-state index is 12.8. The van der Waals surface area contributed by atoms with Crippen LogP contribution in [0.5, 0.6) is 0 Å². The third-order valence-corrected chi connectivity index (χ3v) is 6.63. The second-order valence-electron chi connectivity index (χ2n) is 6.82. The number of carbonyl (C=O) groups excluding carboxylic acids is 1. The number of carbonyl (C=O) groups is 1. The molecule has 2 aromatic carbocycles. The van der Waals surface area contributed by atoms with Gasteiger partial charge in [-0.25, -0.2) is 8.42 Å². The van der Waals surface area contributed by atoms with Crippen LogP contribution in [0.1, 0.15) is 5.56 Å². The molecule has 9 nitrogen and oxygen atoms in total. The second-order valence-corrected chi connectivity index (χ2v) is 8.73. The molecule has 0 atom stereocenters. The highest BCUT2D eigenvalue weighted by atomic mass is 32.2. The van der Waals surface area contributed by atoms with E-state index in [2.05, 4.69) is 5.32 Å². The number of nitro groups is 1. The lowest BCUT2D eigenvalue weighted by atomic mass is 10.2. The van der Waals surface area contributed by atoms with Crippen LogP contribution in [0.15, 0.2) is 53.4 Å². The molecule has 0 bridgehead atoms. The van der Waals surface area contributed by atoms with Crippen molar-refractivity contribution in [2.24, 2.45) is 0 Å². The highest BCUT2D eigenvalue weighted by molar-refractivity contribution is 7.89. The van der Waals surface area contributed by atoms with Gasteiger partial charge in [-0.2, -0.15) is 4.31 Å². The van der Waals surface area contributed by atoms with E-state index in [0.29, 0.717) is 18.8 Å². The highest BCUT2D eigenvalue weighted by Gasteiger charge is 2.33. The van der Waals surface area contributed by atoms with E-state index in [1.807, 2.05) is 36.1 Å². The van der Waals surface area contributed by atoms with Crippen molar-refractivity contribution in [3.63, 3.8) is 0 Å². The normalized spacial score (nSPS) is 15.8. The van der Waals surface area contributed by atoms with E-state index in [4.69, 9.17) is 0 Å². The predicted octanol–water partition coefficient (Wildman–Crippen LogP) is 1.85. The average molecular weight is 418 g/mol. The van der Waals surface area contributed by atoms with Crippen LogP contribution in [0, 0.1) is 17.0 Å². The van der Waals surface area contributed by atoms with Crippen molar-refractivity contribution in [2.45, 2.75) is 11.8 Å². The van der Waals surface area contributed by atoms with Gasteiger partial charge in [-0.05, 0) is 30.7 Å². The molecule has 1 aliphatic heterocycles. The Morgan fingerprint density at radius 3 is 2.45 bits per heavy atom. The van der Waals surface area contributed by atoms with Gasteiger partial charge in [-0.3, -0.25) is 19.8 Å². The Kier molecular flexibility index (Phi) is 6.26. The highest BCUT2D eigenvalue weighted by Crippen LogP contribution is 2.26. The number of nitrogens with zero attached hydrogens (tertiary/aromatic N) is 3. The molecule has 1 aliphatic rings. The first-order valence-electron chi connectivity index (χ1n) is 9.10. The number of benzene rings is 2. The zero-order valence-corrected chi connectivity index (χ0v) is 16.8. The third kappa shape index (κ3) is 4.97. The Balaban J connectivity index is 1.60. The van der Waals surface area contributed by atoms with Gasteiger partial charge in [0.25, 0.3) is 5.69 Å². The summed E-state index contributed by atoms with van der Waals surface area (Å²) in [6.07, 6.45) is 0. The maximum atomic E-state index is 12.8.